The molecule has 3 aromatic rings. The molecule has 3 aromatic carbocycles. The number of benzene rings is 3. The van der Waals surface area contributed by atoms with Crippen LogP contribution in [0, 0.1) is 13.8 Å². The van der Waals surface area contributed by atoms with Gasteiger partial charge >= 0.3 is 6.09 Å². The van der Waals surface area contributed by atoms with Crippen molar-refractivity contribution in [1.29, 1.82) is 0 Å². The Morgan fingerprint density at radius 2 is 1.63 bits per heavy atom. The van der Waals surface area contributed by atoms with Gasteiger partial charge in [0.15, 0.2) is 0 Å². The van der Waals surface area contributed by atoms with Gasteiger partial charge < -0.3 is 14.5 Å². The van der Waals surface area contributed by atoms with E-state index in [1.807, 2.05) is 47.4 Å². The number of aryl methyl sites for hydroxylation is 2. The van der Waals surface area contributed by atoms with E-state index in [1.54, 1.807) is 4.90 Å². The molecular weight excluding hydrogens is 438 g/mol. The molecule has 0 unspecified atom stereocenters. The maximum absolute atomic E-state index is 13.2. The van der Waals surface area contributed by atoms with E-state index in [-0.39, 0.29) is 18.0 Å². The van der Waals surface area contributed by atoms with Crippen molar-refractivity contribution in [1.82, 2.24) is 4.90 Å². The number of amides is 2. The Morgan fingerprint density at radius 1 is 0.914 bits per heavy atom. The van der Waals surface area contributed by atoms with Gasteiger partial charge in [-0.25, -0.2) is 4.79 Å². The molecule has 0 aliphatic carbocycles. The molecule has 2 aliphatic rings. The van der Waals surface area contributed by atoms with Crippen molar-refractivity contribution in [3.05, 3.63) is 95.1 Å². The molecule has 0 spiro atoms. The molecule has 2 heterocycles. The molecule has 35 heavy (non-hydrogen) atoms. The Bertz CT molecular complexity index is 1200. The number of hydrogen-bond donors (Lipinski definition) is 0. The second-order valence-electron chi connectivity index (χ2n) is 9.41. The van der Waals surface area contributed by atoms with Gasteiger partial charge in [0, 0.05) is 43.1 Å². The van der Waals surface area contributed by atoms with Gasteiger partial charge in [-0.05, 0) is 61.7 Å². The minimum absolute atomic E-state index is 0.0293. The number of cyclic esters (lactones) is 1. The summed E-state index contributed by atoms with van der Waals surface area (Å²) in [5.41, 5.74) is 6.33. The van der Waals surface area contributed by atoms with E-state index in [4.69, 9.17) is 4.74 Å². The average molecular weight is 470 g/mol. The van der Waals surface area contributed by atoms with Crippen LogP contribution in [0.25, 0.3) is 0 Å². The third-order valence-corrected chi connectivity index (χ3v) is 6.93. The van der Waals surface area contributed by atoms with E-state index < -0.39 is 0 Å². The van der Waals surface area contributed by atoms with Crippen LogP contribution in [0.15, 0.2) is 72.8 Å². The number of piperazine rings is 1. The van der Waals surface area contributed by atoms with Crippen LogP contribution < -0.4 is 9.80 Å². The van der Waals surface area contributed by atoms with Gasteiger partial charge in [0.25, 0.3) is 5.91 Å². The van der Waals surface area contributed by atoms with Gasteiger partial charge in [-0.1, -0.05) is 48.0 Å². The summed E-state index contributed by atoms with van der Waals surface area (Å²) >= 11 is 0. The van der Waals surface area contributed by atoms with Crippen molar-refractivity contribution >= 4 is 23.4 Å². The average Bonchev–Trinajstić information content (AvgIpc) is 3.24. The molecule has 6 heteroatoms. The van der Waals surface area contributed by atoms with Crippen LogP contribution in [-0.4, -0.2) is 55.7 Å². The van der Waals surface area contributed by atoms with Crippen LogP contribution in [0.2, 0.25) is 0 Å². The lowest BCUT2D eigenvalue weighted by atomic mass is 10.0. The highest BCUT2D eigenvalue weighted by atomic mass is 16.6. The highest BCUT2D eigenvalue weighted by Crippen LogP contribution is 2.27. The lowest BCUT2D eigenvalue weighted by molar-refractivity contribution is 0.0747. The van der Waals surface area contributed by atoms with E-state index in [0.29, 0.717) is 25.3 Å². The normalized spacial score (nSPS) is 18.1. The van der Waals surface area contributed by atoms with E-state index >= 15 is 0 Å². The SMILES string of the molecule is Cc1ccc(N2CCN(C(=O)c3ccc(N4C(=O)OC[C@@H]4Cc4ccccc4)cc3)CC2)c(C)c1. The topological polar surface area (TPSA) is 53.1 Å². The number of carbonyl (C=O) groups is 2. The number of carbonyl (C=O) groups excluding carboxylic acids is 2. The summed E-state index contributed by atoms with van der Waals surface area (Å²) in [6.45, 7) is 7.61. The Labute approximate surface area is 206 Å². The molecular formula is C29H31N3O3. The number of rotatable bonds is 5. The van der Waals surface area contributed by atoms with Crippen molar-refractivity contribution in [2.24, 2.45) is 0 Å². The Morgan fingerprint density at radius 3 is 2.31 bits per heavy atom. The molecule has 5 rings (SSSR count). The van der Waals surface area contributed by atoms with Gasteiger partial charge in [-0.2, -0.15) is 0 Å². The number of hydrogen-bond acceptors (Lipinski definition) is 4. The fourth-order valence-corrected chi connectivity index (χ4v) is 5.07. The summed E-state index contributed by atoms with van der Waals surface area (Å²) in [5.74, 6) is 0.0293. The molecule has 0 aromatic heterocycles. The number of ether oxygens (including phenoxy) is 1. The van der Waals surface area contributed by atoms with Gasteiger partial charge in [0.2, 0.25) is 0 Å². The Hall–Kier alpha value is -3.80. The monoisotopic (exact) mass is 469 g/mol. The second kappa shape index (κ2) is 9.82. The minimum atomic E-state index is -0.340. The fourth-order valence-electron chi connectivity index (χ4n) is 5.07. The quantitative estimate of drug-likeness (QED) is 0.537. The Kier molecular flexibility index (Phi) is 6.45. The molecule has 0 saturated carbocycles. The first-order valence-electron chi connectivity index (χ1n) is 12.2. The van der Waals surface area contributed by atoms with Crippen molar-refractivity contribution in [3.8, 4) is 0 Å². The molecule has 2 amide bonds. The summed E-state index contributed by atoms with van der Waals surface area (Å²) in [6.07, 6.45) is 0.380. The summed E-state index contributed by atoms with van der Waals surface area (Å²) in [5, 5.41) is 0. The van der Waals surface area contributed by atoms with Crippen molar-refractivity contribution in [2.75, 3.05) is 42.6 Å². The predicted octanol–water partition coefficient (Wildman–Crippen LogP) is 4.83. The summed E-state index contributed by atoms with van der Waals surface area (Å²) in [4.78, 5) is 31.6. The number of nitrogens with zero attached hydrogens (tertiary/aromatic N) is 3. The second-order valence-corrected chi connectivity index (χ2v) is 9.41. The van der Waals surface area contributed by atoms with Crippen molar-refractivity contribution in [2.45, 2.75) is 26.3 Å². The zero-order chi connectivity index (χ0) is 24.4. The van der Waals surface area contributed by atoms with Gasteiger partial charge in [-0.3, -0.25) is 9.69 Å². The number of anilines is 2. The zero-order valence-electron chi connectivity index (χ0n) is 20.3. The lowest BCUT2D eigenvalue weighted by Crippen LogP contribution is -2.49. The minimum Gasteiger partial charge on any atom is -0.447 e. The molecule has 0 bridgehead atoms. The third kappa shape index (κ3) is 4.87. The fraction of sp³-hybridized carbons (Fsp3) is 0.310. The molecule has 2 fully saturated rings. The smallest absolute Gasteiger partial charge is 0.414 e. The van der Waals surface area contributed by atoms with E-state index in [2.05, 4.69) is 49.1 Å². The predicted molar refractivity (Wildman–Crippen MR) is 138 cm³/mol. The summed E-state index contributed by atoms with van der Waals surface area (Å²) in [6, 6.07) is 23.9. The highest BCUT2D eigenvalue weighted by molar-refractivity contribution is 5.96. The first-order chi connectivity index (χ1) is 17.0. The maximum atomic E-state index is 13.2. The van der Waals surface area contributed by atoms with E-state index in [9.17, 15) is 9.59 Å². The van der Waals surface area contributed by atoms with Gasteiger partial charge in [-0.15, -0.1) is 0 Å². The van der Waals surface area contributed by atoms with Crippen LogP contribution in [0.1, 0.15) is 27.0 Å². The first kappa shape index (κ1) is 23.0. The van der Waals surface area contributed by atoms with E-state index in [1.165, 1.54) is 16.8 Å². The highest BCUT2D eigenvalue weighted by Gasteiger charge is 2.34. The lowest BCUT2D eigenvalue weighted by Gasteiger charge is -2.37. The molecule has 180 valence electrons. The largest absolute Gasteiger partial charge is 0.447 e. The summed E-state index contributed by atoms with van der Waals surface area (Å²) in [7, 11) is 0. The summed E-state index contributed by atoms with van der Waals surface area (Å²) < 4.78 is 5.35. The third-order valence-electron chi connectivity index (χ3n) is 6.93. The molecule has 0 N–H and O–H groups in total. The molecule has 2 aliphatic heterocycles. The van der Waals surface area contributed by atoms with Crippen LogP contribution in [0.4, 0.5) is 16.2 Å². The molecule has 2 saturated heterocycles. The first-order valence-corrected chi connectivity index (χ1v) is 12.2. The zero-order valence-corrected chi connectivity index (χ0v) is 20.3. The van der Waals surface area contributed by atoms with Crippen LogP contribution in [0.3, 0.4) is 0 Å². The molecule has 0 radical (unpaired) electrons. The maximum Gasteiger partial charge on any atom is 0.414 e. The Balaban J connectivity index is 1.23. The van der Waals surface area contributed by atoms with Gasteiger partial charge in [0.05, 0.1) is 6.04 Å². The molecule has 6 nitrogen and oxygen atoms in total. The van der Waals surface area contributed by atoms with Crippen LogP contribution >= 0.6 is 0 Å². The van der Waals surface area contributed by atoms with Crippen molar-refractivity contribution < 1.29 is 14.3 Å². The van der Waals surface area contributed by atoms with Crippen LogP contribution in [0.5, 0.6) is 0 Å². The van der Waals surface area contributed by atoms with Gasteiger partial charge in [0.1, 0.15) is 6.61 Å². The van der Waals surface area contributed by atoms with Crippen molar-refractivity contribution in [3.63, 3.8) is 0 Å². The van der Waals surface area contributed by atoms with E-state index in [0.717, 1.165) is 30.8 Å². The molecule has 1 atom stereocenters. The standard InChI is InChI=1S/C29H31N3O3/c1-21-8-13-27(22(2)18-21)30-14-16-31(17-15-30)28(33)24-9-11-25(12-10-24)32-26(20-35-29(32)34)19-23-6-4-3-5-7-23/h3-13,18,26H,14-17,19-20H2,1-2H3/t26-/m0/s1. The van der Waals surface area contributed by atoms with Crippen LogP contribution in [-0.2, 0) is 11.2 Å².